The van der Waals surface area contributed by atoms with E-state index in [1.165, 1.54) is 0 Å². The highest BCUT2D eigenvalue weighted by molar-refractivity contribution is 6.44. The van der Waals surface area contributed by atoms with Crippen LogP contribution < -0.4 is 5.32 Å². The SMILES string of the molecule is C[C@H](C(=O)Nc1cccc(Cl)c1Cl)N(C)Cc1ccco1. The minimum absolute atomic E-state index is 0.159. The summed E-state index contributed by atoms with van der Waals surface area (Å²) in [6.07, 6.45) is 1.61. The molecule has 1 aromatic heterocycles. The second-order valence-electron chi connectivity index (χ2n) is 4.76. The number of carbonyl (C=O) groups is 1. The molecular weight excluding hydrogens is 311 g/mol. The number of carbonyl (C=O) groups excluding carboxylic acids is 1. The highest BCUT2D eigenvalue weighted by atomic mass is 35.5. The molecule has 4 nitrogen and oxygen atoms in total. The molecule has 0 unspecified atom stereocenters. The number of rotatable bonds is 5. The molecule has 0 aliphatic rings. The molecule has 21 heavy (non-hydrogen) atoms. The number of nitrogens with zero attached hydrogens (tertiary/aromatic N) is 1. The van der Waals surface area contributed by atoms with Crippen LogP contribution in [0, 0.1) is 0 Å². The molecule has 1 amide bonds. The number of anilines is 1. The zero-order valence-corrected chi connectivity index (χ0v) is 13.3. The Kier molecular flexibility index (Phi) is 5.28. The van der Waals surface area contributed by atoms with Gasteiger partial charge in [0.1, 0.15) is 5.76 Å². The van der Waals surface area contributed by atoms with Crippen LogP contribution in [0.15, 0.2) is 41.0 Å². The summed E-state index contributed by atoms with van der Waals surface area (Å²) < 4.78 is 5.28. The van der Waals surface area contributed by atoms with Gasteiger partial charge in [-0.15, -0.1) is 0 Å². The van der Waals surface area contributed by atoms with Crippen molar-refractivity contribution in [3.05, 3.63) is 52.4 Å². The molecule has 2 rings (SSSR count). The number of nitrogens with one attached hydrogen (secondary N) is 1. The van der Waals surface area contributed by atoms with Crippen LogP contribution in [0.1, 0.15) is 12.7 Å². The van der Waals surface area contributed by atoms with Gasteiger partial charge in [0, 0.05) is 0 Å². The maximum atomic E-state index is 12.3. The molecule has 112 valence electrons. The fourth-order valence-corrected chi connectivity index (χ4v) is 2.17. The molecule has 0 fully saturated rings. The van der Waals surface area contributed by atoms with Crippen LogP contribution in [0.3, 0.4) is 0 Å². The Labute approximate surface area is 133 Å². The predicted octanol–water partition coefficient (Wildman–Crippen LogP) is 4.05. The number of likely N-dealkylation sites (N-methyl/N-ethyl adjacent to an activating group) is 1. The van der Waals surface area contributed by atoms with E-state index in [1.54, 1.807) is 24.5 Å². The average Bonchev–Trinajstić information content (AvgIpc) is 2.95. The topological polar surface area (TPSA) is 45.5 Å². The van der Waals surface area contributed by atoms with Gasteiger partial charge in [-0.2, -0.15) is 0 Å². The summed E-state index contributed by atoms with van der Waals surface area (Å²) >= 11 is 12.0. The summed E-state index contributed by atoms with van der Waals surface area (Å²) in [5, 5.41) is 3.53. The van der Waals surface area contributed by atoms with Gasteiger partial charge < -0.3 is 9.73 Å². The van der Waals surface area contributed by atoms with Crippen molar-refractivity contribution < 1.29 is 9.21 Å². The van der Waals surface area contributed by atoms with Crippen molar-refractivity contribution >= 4 is 34.8 Å². The van der Waals surface area contributed by atoms with Crippen molar-refractivity contribution in [1.82, 2.24) is 4.90 Å². The Hall–Kier alpha value is -1.49. The van der Waals surface area contributed by atoms with Crippen LogP contribution in [0.25, 0.3) is 0 Å². The molecule has 0 spiro atoms. The van der Waals surface area contributed by atoms with Gasteiger partial charge in [0.05, 0.1) is 34.6 Å². The molecule has 0 radical (unpaired) electrons. The standard InChI is InChI=1S/C15H16Cl2N2O2/c1-10(19(2)9-11-5-4-8-21-11)15(20)18-13-7-3-6-12(16)14(13)17/h3-8,10H,9H2,1-2H3,(H,18,20)/t10-/m1/s1. The fraction of sp³-hybridized carbons (Fsp3) is 0.267. The molecule has 1 atom stereocenters. The molecular formula is C15H16Cl2N2O2. The summed E-state index contributed by atoms with van der Waals surface area (Å²) in [6, 6.07) is 8.47. The largest absolute Gasteiger partial charge is 0.468 e. The van der Waals surface area contributed by atoms with Gasteiger partial charge in [-0.3, -0.25) is 9.69 Å². The Morgan fingerprint density at radius 1 is 1.33 bits per heavy atom. The van der Waals surface area contributed by atoms with Gasteiger partial charge in [-0.1, -0.05) is 29.3 Å². The molecule has 1 N–H and O–H groups in total. The Morgan fingerprint density at radius 2 is 2.10 bits per heavy atom. The van der Waals surface area contributed by atoms with Crippen molar-refractivity contribution in [3.63, 3.8) is 0 Å². The van der Waals surface area contributed by atoms with Crippen LogP contribution >= 0.6 is 23.2 Å². The average molecular weight is 327 g/mol. The fourth-order valence-electron chi connectivity index (χ4n) is 1.82. The van der Waals surface area contributed by atoms with Crippen LogP contribution in [-0.2, 0) is 11.3 Å². The molecule has 6 heteroatoms. The van der Waals surface area contributed by atoms with Crippen molar-refractivity contribution in [2.24, 2.45) is 0 Å². The van der Waals surface area contributed by atoms with Gasteiger partial charge in [0.15, 0.2) is 0 Å². The molecule has 0 saturated heterocycles. The first-order chi connectivity index (χ1) is 9.99. The van der Waals surface area contributed by atoms with Gasteiger partial charge >= 0.3 is 0 Å². The molecule has 2 aromatic rings. The lowest BCUT2D eigenvalue weighted by molar-refractivity contribution is -0.120. The second-order valence-corrected chi connectivity index (χ2v) is 5.55. The molecule has 1 heterocycles. The smallest absolute Gasteiger partial charge is 0.241 e. The molecule has 0 aliphatic carbocycles. The third-order valence-corrected chi connectivity index (χ3v) is 4.05. The van der Waals surface area contributed by atoms with Crippen LogP contribution in [0.2, 0.25) is 10.0 Å². The van der Waals surface area contributed by atoms with Crippen molar-refractivity contribution in [2.45, 2.75) is 19.5 Å². The van der Waals surface area contributed by atoms with Gasteiger partial charge in [-0.05, 0) is 38.2 Å². The number of hydrogen-bond acceptors (Lipinski definition) is 3. The number of furan rings is 1. The highest BCUT2D eigenvalue weighted by Gasteiger charge is 2.20. The van der Waals surface area contributed by atoms with Crippen molar-refractivity contribution in [1.29, 1.82) is 0 Å². The summed E-state index contributed by atoms with van der Waals surface area (Å²) in [6.45, 7) is 2.36. The summed E-state index contributed by atoms with van der Waals surface area (Å²) in [4.78, 5) is 14.1. The first-order valence-electron chi connectivity index (χ1n) is 6.46. The Bertz CT molecular complexity index is 614. The second kappa shape index (κ2) is 6.98. The van der Waals surface area contributed by atoms with Crippen LogP contribution in [-0.4, -0.2) is 23.9 Å². The summed E-state index contributed by atoms with van der Waals surface area (Å²) in [5.74, 6) is 0.645. The highest BCUT2D eigenvalue weighted by Crippen LogP contribution is 2.29. The van der Waals surface area contributed by atoms with E-state index in [1.807, 2.05) is 31.0 Å². The Morgan fingerprint density at radius 3 is 2.76 bits per heavy atom. The first kappa shape index (κ1) is 15.9. The lowest BCUT2D eigenvalue weighted by Crippen LogP contribution is -2.39. The van der Waals surface area contributed by atoms with E-state index in [-0.39, 0.29) is 11.9 Å². The zero-order chi connectivity index (χ0) is 15.4. The minimum atomic E-state index is -0.342. The number of halogens is 2. The molecule has 0 bridgehead atoms. The van der Waals surface area contributed by atoms with E-state index in [4.69, 9.17) is 27.6 Å². The predicted molar refractivity (Wildman–Crippen MR) is 84.7 cm³/mol. The zero-order valence-electron chi connectivity index (χ0n) is 11.8. The lowest BCUT2D eigenvalue weighted by atomic mass is 10.2. The maximum absolute atomic E-state index is 12.3. The minimum Gasteiger partial charge on any atom is -0.468 e. The third kappa shape index (κ3) is 4.00. The van der Waals surface area contributed by atoms with E-state index in [0.717, 1.165) is 5.76 Å². The van der Waals surface area contributed by atoms with E-state index >= 15 is 0 Å². The molecule has 0 aliphatic heterocycles. The number of hydrogen-bond donors (Lipinski definition) is 1. The van der Waals surface area contributed by atoms with Gasteiger partial charge in [0.2, 0.25) is 5.91 Å². The lowest BCUT2D eigenvalue weighted by Gasteiger charge is -2.23. The number of amides is 1. The van der Waals surface area contributed by atoms with Crippen molar-refractivity contribution in [3.8, 4) is 0 Å². The molecule has 0 saturated carbocycles. The number of benzene rings is 1. The summed E-state index contributed by atoms with van der Waals surface area (Å²) in [7, 11) is 1.85. The normalized spacial score (nSPS) is 12.4. The first-order valence-corrected chi connectivity index (χ1v) is 7.22. The summed E-state index contributed by atoms with van der Waals surface area (Å²) in [5.41, 5.74) is 0.507. The van der Waals surface area contributed by atoms with Gasteiger partial charge in [0.25, 0.3) is 0 Å². The monoisotopic (exact) mass is 326 g/mol. The van der Waals surface area contributed by atoms with Crippen molar-refractivity contribution in [2.75, 3.05) is 12.4 Å². The third-order valence-electron chi connectivity index (χ3n) is 3.24. The molecule has 1 aromatic carbocycles. The van der Waals surface area contributed by atoms with Gasteiger partial charge in [-0.25, -0.2) is 0 Å². The maximum Gasteiger partial charge on any atom is 0.241 e. The van der Waals surface area contributed by atoms with E-state index in [9.17, 15) is 4.79 Å². The van der Waals surface area contributed by atoms with E-state index < -0.39 is 0 Å². The van der Waals surface area contributed by atoms with E-state index in [0.29, 0.717) is 22.3 Å². The quantitative estimate of drug-likeness (QED) is 0.901. The van der Waals surface area contributed by atoms with E-state index in [2.05, 4.69) is 5.32 Å². The van der Waals surface area contributed by atoms with Crippen LogP contribution in [0.4, 0.5) is 5.69 Å². The Balaban J connectivity index is 2.00. The van der Waals surface area contributed by atoms with Crippen LogP contribution in [0.5, 0.6) is 0 Å².